The third-order valence-corrected chi connectivity index (χ3v) is 2.79. The fraction of sp³-hybridized carbons (Fsp3) is 0.250. The third-order valence-electron chi connectivity index (χ3n) is 1.56. The molecular formula is C8H8Cl2OP+. The molecule has 0 aromatic heterocycles. The van der Waals surface area contributed by atoms with Crippen molar-refractivity contribution in [1.82, 2.24) is 0 Å². The molecule has 1 rings (SSSR count). The van der Waals surface area contributed by atoms with Crippen LogP contribution in [0.5, 0.6) is 0 Å². The van der Waals surface area contributed by atoms with Crippen LogP contribution in [0.25, 0.3) is 0 Å². The topological polar surface area (TPSA) is 17.1 Å². The Hall–Kier alpha value is -0.100. The predicted octanol–water partition coefficient (Wildman–Crippen LogP) is 3.91. The van der Waals surface area contributed by atoms with Gasteiger partial charge in [-0.15, -0.1) is 11.6 Å². The van der Waals surface area contributed by atoms with E-state index in [0.717, 1.165) is 11.1 Å². The summed E-state index contributed by atoms with van der Waals surface area (Å²) in [5.41, 5.74) is 1.98. The van der Waals surface area contributed by atoms with E-state index in [0.29, 0.717) is 12.0 Å². The van der Waals surface area contributed by atoms with Gasteiger partial charge in [0.25, 0.3) is 0 Å². The first kappa shape index (κ1) is 9.98. The Morgan fingerprint density at radius 3 is 2.33 bits per heavy atom. The molecule has 1 nitrogen and oxygen atoms in total. The lowest BCUT2D eigenvalue weighted by atomic mass is 10.1. The molecule has 0 heterocycles. The molecule has 4 heteroatoms. The molecule has 0 N–H and O–H groups in total. The first-order valence-electron chi connectivity index (χ1n) is 3.47. The molecule has 1 unspecified atom stereocenters. The minimum Gasteiger partial charge on any atom is -0.122 e. The van der Waals surface area contributed by atoms with Crippen molar-refractivity contribution < 1.29 is 4.57 Å². The van der Waals surface area contributed by atoms with E-state index < -0.39 is 7.15 Å². The second-order valence-corrected chi connectivity index (χ2v) is 4.73. The number of hydrogen-bond acceptors (Lipinski definition) is 1. The summed E-state index contributed by atoms with van der Waals surface area (Å²) in [5, 5.41) is 0. The molecule has 1 atom stereocenters. The molecule has 0 amide bonds. The molecule has 12 heavy (non-hydrogen) atoms. The average Bonchev–Trinajstić information content (AvgIpc) is 2.04. The largest absolute Gasteiger partial charge is 0.459 e. The van der Waals surface area contributed by atoms with Gasteiger partial charge < -0.3 is 0 Å². The summed E-state index contributed by atoms with van der Waals surface area (Å²) in [7, 11) is -1.64. The van der Waals surface area contributed by atoms with E-state index in [1.54, 1.807) is 0 Å². The van der Waals surface area contributed by atoms with Crippen molar-refractivity contribution in [2.24, 2.45) is 0 Å². The monoisotopic (exact) mass is 221 g/mol. The zero-order chi connectivity index (χ0) is 8.97. The maximum atomic E-state index is 10.8. The lowest BCUT2D eigenvalue weighted by Gasteiger charge is -1.98. The van der Waals surface area contributed by atoms with E-state index >= 15 is 0 Å². The minimum absolute atomic E-state index is 0.403. The van der Waals surface area contributed by atoms with Gasteiger partial charge in [0.05, 0.1) is 0 Å². The highest BCUT2D eigenvalue weighted by Crippen LogP contribution is 2.32. The van der Waals surface area contributed by atoms with E-state index in [4.69, 9.17) is 22.8 Å². The van der Waals surface area contributed by atoms with Gasteiger partial charge in [0, 0.05) is 11.4 Å². The van der Waals surface area contributed by atoms with Gasteiger partial charge in [-0.25, -0.2) is 0 Å². The summed E-state index contributed by atoms with van der Waals surface area (Å²) in [6, 6.07) is 7.61. The van der Waals surface area contributed by atoms with Crippen molar-refractivity contribution in [3.63, 3.8) is 0 Å². The van der Waals surface area contributed by atoms with Crippen LogP contribution in [0.1, 0.15) is 11.1 Å². The molecule has 0 fully saturated rings. The molecule has 64 valence electrons. The SMILES string of the molecule is O=[P+](Cl)Cc1ccccc1CCl. The molecular weight excluding hydrogens is 214 g/mol. The van der Waals surface area contributed by atoms with Crippen molar-refractivity contribution >= 4 is 30.0 Å². The first-order chi connectivity index (χ1) is 5.74. The van der Waals surface area contributed by atoms with E-state index in [-0.39, 0.29) is 0 Å². The van der Waals surface area contributed by atoms with Gasteiger partial charge in [0.2, 0.25) is 11.2 Å². The Kier molecular flexibility index (Phi) is 4.00. The van der Waals surface area contributed by atoms with Crippen molar-refractivity contribution in [2.75, 3.05) is 0 Å². The minimum atomic E-state index is -1.64. The maximum absolute atomic E-state index is 10.8. The second kappa shape index (κ2) is 4.81. The third kappa shape index (κ3) is 2.75. The first-order valence-corrected chi connectivity index (χ1v) is 6.35. The lowest BCUT2D eigenvalue weighted by molar-refractivity contribution is 0.595. The number of halogens is 2. The van der Waals surface area contributed by atoms with Crippen LogP contribution in [0.2, 0.25) is 0 Å². The normalized spacial score (nSPS) is 11.3. The Morgan fingerprint density at radius 2 is 1.83 bits per heavy atom. The highest BCUT2D eigenvalue weighted by molar-refractivity contribution is 7.73. The quantitative estimate of drug-likeness (QED) is 0.559. The zero-order valence-corrected chi connectivity index (χ0v) is 8.74. The highest BCUT2D eigenvalue weighted by atomic mass is 35.7. The molecule has 0 aliphatic rings. The van der Waals surface area contributed by atoms with Crippen LogP contribution in [0.15, 0.2) is 24.3 Å². The molecule has 0 bridgehead atoms. The summed E-state index contributed by atoms with van der Waals surface area (Å²) in [6.07, 6.45) is 0.403. The molecule has 0 aliphatic carbocycles. The molecule has 1 aromatic rings. The molecule has 0 saturated carbocycles. The van der Waals surface area contributed by atoms with Crippen LogP contribution in [-0.4, -0.2) is 0 Å². The standard InChI is InChI=1S/C8H8Cl2OP/c9-5-7-3-1-2-4-8(7)6-12(10)11/h1-4H,5-6H2/q+1. The van der Waals surface area contributed by atoms with E-state index in [2.05, 4.69) is 0 Å². The van der Waals surface area contributed by atoms with E-state index in [1.165, 1.54) is 0 Å². The average molecular weight is 222 g/mol. The second-order valence-electron chi connectivity index (χ2n) is 2.38. The summed E-state index contributed by atoms with van der Waals surface area (Å²) < 4.78 is 10.8. The summed E-state index contributed by atoms with van der Waals surface area (Å²) in [6.45, 7) is 0. The van der Waals surface area contributed by atoms with Crippen molar-refractivity contribution in [3.05, 3.63) is 35.4 Å². The summed E-state index contributed by atoms with van der Waals surface area (Å²) in [5.74, 6) is 0.441. The Bertz CT molecular complexity index is 288. The highest BCUT2D eigenvalue weighted by Gasteiger charge is 2.14. The van der Waals surface area contributed by atoms with Crippen LogP contribution < -0.4 is 0 Å². The number of hydrogen-bond donors (Lipinski definition) is 0. The maximum Gasteiger partial charge on any atom is 0.459 e. The Balaban J connectivity index is 2.89. The predicted molar refractivity (Wildman–Crippen MR) is 53.2 cm³/mol. The Morgan fingerprint density at radius 1 is 1.25 bits per heavy atom. The van der Waals surface area contributed by atoms with Crippen molar-refractivity contribution in [1.29, 1.82) is 0 Å². The Labute approximate surface area is 82.3 Å². The fourth-order valence-corrected chi connectivity index (χ4v) is 2.20. The molecule has 0 aliphatic heterocycles. The van der Waals surface area contributed by atoms with Gasteiger partial charge >= 0.3 is 7.15 Å². The van der Waals surface area contributed by atoms with Crippen LogP contribution >= 0.6 is 30.0 Å². The molecule has 0 spiro atoms. The van der Waals surface area contributed by atoms with Crippen LogP contribution in [0.4, 0.5) is 0 Å². The van der Waals surface area contributed by atoms with Crippen molar-refractivity contribution in [2.45, 2.75) is 12.0 Å². The number of rotatable bonds is 3. The van der Waals surface area contributed by atoms with Gasteiger partial charge in [0.1, 0.15) is 0 Å². The van der Waals surface area contributed by atoms with Crippen LogP contribution in [-0.2, 0) is 16.6 Å². The lowest BCUT2D eigenvalue weighted by Crippen LogP contribution is -1.86. The van der Waals surface area contributed by atoms with E-state index in [9.17, 15) is 4.57 Å². The van der Waals surface area contributed by atoms with Gasteiger partial charge in [-0.3, -0.25) is 0 Å². The number of benzene rings is 1. The summed E-state index contributed by atoms with van der Waals surface area (Å²) >= 11 is 11.1. The van der Waals surface area contributed by atoms with E-state index in [1.807, 2.05) is 24.3 Å². The van der Waals surface area contributed by atoms with Gasteiger partial charge in [0.15, 0.2) is 6.16 Å². The fourth-order valence-electron chi connectivity index (χ4n) is 0.976. The smallest absolute Gasteiger partial charge is 0.122 e. The van der Waals surface area contributed by atoms with Crippen LogP contribution in [0, 0.1) is 0 Å². The molecule has 0 saturated heterocycles. The number of alkyl halides is 1. The van der Waals surface area contributed by atoms with Crippen LogP contribution in [0.3, 0.4) is 0 Å². The molecule has 1 aromatic carbocycles. The molecule has 0 radical (unpaired) electrons. The van der Waals surface area contributed by atoms with Gasteiger partial charge in [-0.05, 0) is 5.56 Å². The van der Waals surface area contributed by atoms with Gasteiger partial charge in [-0.2, -0.15) is 0 Å². The van der Waals surface area contributed by atoms with Crippen molar-refractivity contribution in [3.8, 4) is 0 Å². The zero-order valence-electron chi connectivity index (χ0n) is 6.34. The summed E-state index contributed by atoms with van der Waals surface area (Å²) in [4.78, 5) is 0. The van der Waals surface area contributed by atoms with Gasteiger partial charge in [-0.1, -0.05) is 28.8 Å².